The normalized spacial score (nSPS) is 16.0. The fraction of sp³-hybridized carbons (Fsp3) is 0.640. The van der Waals surface area contributed by atoms with Crippen molar-refractivity contribution >= 4 is 53.0 Å². The summed E-state index contributed by atoms with van der Waals surface area (Å²) in [5, 5.41) is 6.32. The molecule has 174 valence electrons. The number of rotatable bonds is 17. The zero-order chi connectivity index (χ0) is 22.0. The van der Waals surface area contributed by atoms with Crippen LogP contribution in [0, 0.1) is 0 Å². The quantitative estimate of drug-likeness (QED) is 0.112. The predicted molar refractivity (Wildman–Crippen MR) is 145 cm³/mol. The SMILES string of the molecule is CCCCCCCCCCCCCCCCOC(=O)/C=C/C1=CSC(=C2SC=CS2)S1. The minimum Gasteiger partial charge on any atom is -0.463 e. The standard InChI is InChI=1S/C25H38O2S4/c1-2-3-4-5-6-7-8-9-10-11-12-13-14-15-18-27-23(26)17-16-22-21-30-25(31-22)24-28-19-20-29-24/h16-17,19-21H,2-15,18H2,1H3/b17-16+. The van der Waals surface area contributed by atoms with Crippen molar-refractivity contribution in [1.29, 1.82) is 0 Å². The molecule has 0 aromatic rings. The highest BCUT2D eigenvalue weighted by molar-refractivity contribution is 8.33. The van der Waals surface area contributed by atoms with Crippen LogP contribution in [0.15, 0.2) is 41.8 Å². The lowest BCUT2D eigenvalue weighted by atomic mass is 10.0. The molecule has 0 atom stereocenters. The molecule has 0 saturated carbocycles. The van der Waals surface area contributed by atoms with Crippen LogP contribution in [0.25, 0.3) is 0 Å². The fourth-order valence-electron chi connectivity index (χ4n) is 3.40. The molecule has 0 N–H and O–H groups in total. The van der Waals surface area contributed by atoms with E-state index < -0.39 is 0 Å². The summed E-state index contributed by atoms with van der Waals surface area (Å²) in [4.78, 5) is 13.0. The lowest BCUT2D eigenvalue weighted by Crippen LogP contribution is -2.02. The first-order chi connectivity index (χ1) is 15.3. The number of hydrogen-bond donors (Lipinski definition) is 0. The largest absolute Gasteiger partial charge is 0.463 e. The van der Waals surface area contributed by atoms with Crippen molar-refractivity contribution in [2.75, 3.05) is 6.61 Å². The van der Waals surface area contributed by atoms with Crippen LogP contribution in [0.1, 0.15) is 96.8 Å². The first-order valence-electron chi connectivity index (χ1n) is 11.9. The van der Waals surface area contributed by atoms with Gasteiger partial charge in [0.15, 0.2) is 0 Å². The van der Waals surface area contributed by atoms with E-state index in [9.17, 15) is 4.79 Å². The number of ether oxygens (including phenoxy) is 1. The molecule has 31 heavy (non-hydrogen) atoms. The molecule has 2 rings (SSSR count). The summed E-state index contributed by atoms with van der Waals surface area (Å²) in [5.41, 5.74) is 0. The number of carbonyl (C=O) groups excluding carboxylic acids is 1. The molecular formula is C25H38O2S4. The summed E-state index contributed by atoms with van der Waals surface area (Å²) < 4.78 is 7.97. The maximum absolute atomic E-state index is 11.9. The topological polar surface area (TPSA) is 26.3 Å². The molecule has 0 bridgehead atoms. The van der Waals surface area contributed by atoms with Crippen LogP contribution >= 0.6 is 47.0 Å². The molecule has 0 saturated heterocycles. The van der Waals surface area contributed by atoms with Gasteiger partial charge in [0.05, 0.1) is 15.1 Å². The third kappa shape index (κ3) is 13.2. The van der Waals surface area contributed by atoms with Crippen molar-refractivity contribution < 1.29 is 9.53 Å². The van der Waals surface area contributed by atoms with Crippen LogP contribution in [0.2, 0.25) is 0 Å². The molecule has 2 heterocycles. The number of thioether (sulfide) groups is 4. The van der Waals surface area contributed by atoms with Gasteiger partial charge in [0.2, 0.25) is 0 Å². The Morgan fingerprint density at radius 2 is 1.32 bits per heavy atom. The van der Waals surface area contributed by atoms with Crippen molar-refractivity contribution in [3.05, 3.63) is 41.8 Å². The van der Waals surface area contributed by atoms with Crippen LogP contribution in [0.5, 0.6) is 0 Å². The Bertz CT molecular complexity index is 627. The summed E-state index contributed by atoms with van der Waals surface area (Å²) in [7, 11) is 0. The number of unbranched alkanes of at least 4 members (excludes halogenated alkanes) is 13. The van der Waals surface area contributed by atoms with Gasteiger partial charge in [-0.2, -0.15) is 0 Å². The zero-order valence-electron chi connectivity index (χ0n) is 18.9. The van der Waals surface area contributed by atoms with E-state index in [-0.39, 0.29) is 5.97 Å². The van der Waals surface area contributed by atoms with Gasteiger partial charge < -0.3 is 4.74 Å². The van der Waals surface area contributed by atoms with Gasteiger partial charge in [0.1, 0.15) is 0 Å². The van der Waals surface area contributed by atoms with Gasteiger partial charge in [0, 0.05) is 11.0 Å². The van der Waals surface area contributed by atoms with E-state index in [1.165, 1.54) is 85.5 Å². The number of carbonyl (C=O) groups is 1. The third-order valence-electron chi connectivity index (χ3n) is 5.19. The Labute approximate surface area is 206 Å². The van der Waals surface area contributed by atoms with Gasteiger partial charge in [-0.15, -0.1) is 0 Å². The molecule has 0 aromatic carbocycles. The summed E-state index contributed by atoms with van der Waals surface area (Å²) in [5.74, 6) is -0.228. The predicted octanol–water partition coefficient (Wildman–Crippen LogP) is 9.97. The van der Waals surface area contributed by atoms with Crippen LogP contribution < -0.4 is 0 Å². The average molecular weight is 499 g/mol. The second-order valence-corrected chi connectivity index (χ2v) is 12.2. The zero-order valence-corrected chi connectivity index (χ0v) is 22.2. The van der Waals surface area contributed by atoms with E-state index in [1.807, 2.05) is 6.08 Å². The Kier molecular flexibility index (Phi) is 16.0. The van der Waals surface area contributed by atoms with Gasteiger partial charge in [-0.25, -0.2) is 4.79 Å². The van der Waals surface area contributed by atoms with Gasteiger partial charge in [-0.3, -0.25) is 0 Å². The van der Waals surface area contributed by atoms with Crippen LogP contribution in [-0.4, -0.2) is 12.6 Å². The van der Waals surface area contributed by atoms with E-state index in [4.69, 9.17) is 4.74 Å². The van der Waals surface area contributed by atoms with E-state index in [0.29, 0.717) is 6.61 Å². The first kappa shape index (κ1) is 27.1. The van der Waals surface area contributed by atoms with E-state index >= 15 is 0 Å². The Hall–Kier alpha value is -0.170. The summed E-state index contributed by atoms with van der Waals surface area (Å²) in [6.07, 6.45) is 22.1. The van der Waals surface area contributed by atoms with Gasteiger partial charge in [-0.1, -0.05) is 137 Å². The Balaban J connectivity index is 1.35. The highest BCUT2D eigenvalue weighted by Crippen LogP contribution is 2.53. The number of esters is 1. The van der Waals surface area contributed by atoms with Crippen LogP contribution in [0.4, 0.5) is 0 Å². The van der Waals surface area contributed by atoms with Crippen LogP contribution in [-0.2, 0) is 9.53 Å². The molecule has 2 aliphatic rings. The Morgan fingerprint density at radius 3 is 1.90 bits per heavy atom. The molecule has 6 heteroatoms. The lowest BCUT2D eigenvalue weighted by Gasteiger charge is -2.04. The van der Waals surface area contributed by atoms with E-state index in [0.717, 1.165) is 17.7 Å². The maximum Gasteiger partial charge on any atom is 0.330 e. The lowest BCUT2D eigenvalue weighted by molar-refractivity contribution is -0.137. The molecular weight excluding hydrogens is 461 g/mol. The molecule has 0 radical (unpaired) electrons. The highest BCUT2D eigenvalue weighted by atomic mass is 32.2. The summed E-state index contributed by atoms with van der Waals surface area (Å²) >= 11 is 6.99. The van der Waals surface area contributed by atoms with Crippen LogP contribution in [0.3, 0.4) is 0 Å². The smallest absolute Gasteiger partial charge is 0.330 e. The second-order valence-electron chi connectivity index (χ2n) is 7.92. The van der Waals surface area contributed by atoms with Crippen molar-refractivity contribution in [1.82, 2.24) is 0 Å². The maximum atomic E-state index is 11.9. The minimum absolute atomic E-state index is 0.228. The highest BCUT2D eigenvalue weighted by Gasteiger charge is 2.17. The molecule has 0 unspecified atom stereocenters. The fourth-order valence-corrected chi connectivity index (χ4v) is 7.75. The van der Waals surface area contributed by atoms with Gasteiger partial charge in [-0.05, 0) is 28.7 Å². The van der Waals surface area contributed by atoms with Crippen molar-refractivity contribution in [3.63, 3.8) is 0 Å². The molecule has 0 spiro atoms. The van der Waals surface area contributed by atoms with E-state index in [1.54, 1.807) is 53.1 Å². The minimum atomic E-state index is -0.228. The molecule has 0 amide bonds. The third-order valence-corrected chi connectivity index (χ3v) is 10.2. The monoisotopic (exact) mass is 498 g/mol. The molecule has 2 aliphatic heterocycles. The van der Waals surface area contributed by atoms with Crippen molar-refractivity contribution in [2.24, 2.45) is 0 Å². The molecule has 2 nitrogen and oxygen atoms in total. The van der Waals surface area contributed by atoms with E-state index in [2.05, 4.69) is 23.1 Å². The Morgan fingerprint density at radius 1 is 0.774 bits per heavy atom. The average Bonchev–Trinajstić information content (AvgIpc) is 3.47. The van der Waals surface area contributed by atoms with Crippen molar-refractivity contribution in [2.45, 2.75) is 96.8 Å². The first-order valence-corrected chi connectivity index (χ1v) is 15.4. The molecule has 0 fully saturated rings. The van der Waals surface area contributed by atoms with Crippen molar-refractivity contribution in [3.8, 4) is 0 Å². The van der Waals surface area contributed by atoms with Gasteiger partial charge >= 0.3 is 5.97 Å². The summed E-state index contributed by atoms with van der Waals surface area (Å²) in [6, 6.07) is 0. The number of hydrogen-bond acceptors (Lipinski definition) is 6. The summed E-state index contributed by atoms with van der Waals surface area (Å²) in [6.45, 7) is 2.82. The number of allylic oxidation sites excluding steroid dienone is 1. The molecule has 0 aliphatic carbocycles. The van der Waals surface area contributed by atoms with Gasteiger partial charge in [0.25, 0.3) is 0 Å². The molecule has 0 aromatic heterocycles. The second kappa shape index (κ2) is 18.3.